The summed E-state index contributed by atoms with van der Waals surface area (Å²) in [5.74, 6) is -3.46. The zero-order valence-corrected chi connectivity index (χ0v) is 23.3. The Bertz CT molecular complexity index is 956. The molecule has 1 rings (SSSR count). The summed E-state index contributed by atoms with van der Waals surface area (Å²) in [6.07, 6.45) is -1.42. The Kier molecular flexibility index (Phi) is 13.0. The predicted molar refractivity (Wildman–Crippen MR) is 138 cm³/mol. The van der Waals surface area contributed by atoms with Crippen molar-refractivity contribution in [3.05, 3.63) is 23.8 Å². The number of aliphatic carboxylic acids is 1. The SMILES string of the molecule is CCCOC(=O)Oc1ccc(C(C(C)C(C)OC(=O)CC(C)(C)C)[C@H](N)C(=O)O)cc1OC(=O)OCCC. The molecule has 0 heterocycles. The van der Waals surface area contributed by atoms with Crippen LogP contribution >= 0.6 is 0 Å². The lowest BCUT2D eigenvalue weighted by molar-refractivity contribution is -0.153. The maximum absolute atomic E-state index is 12.4. The Morgan fingerprint density at radius 2 is 1.45 bits per heavy atom. The minimum atomic E-state index is -1.39. The van der Waals surface area contributed by atoms with Gasteiger partial charge >= 0.3 is 24.2 Å². The van der Waals surface area contributed by atoms with Crippen LogP contribution in [0.5, 0.6) is 11.5 Å². The molecule has 1 aromatic rings. The topological polar surface area (TPSA) is 161 Å². The third-order valence-electron chi connectivity index (χ3n) is 5.56. The first-order valence-electron chi connectivity index (χ1n) is 12.7. The van der Waals surface area contributed by atoms with Crippen molar-refractivity contribution >= 4 is 24.2 Å². The first-order chi connectivity index (χ1) is 17.7. The van der Waals surface area contributed by atoms with Gasteiger partial charge in [0, 0.05) is 11.8 Å². The molecule has 1 aromatic carbocycles. The van der Waals surface area contributed by atoms with Crippen molar-refractivity contribution in [3.8, 4) is 11.5 Å². The molecular weight excluding hydrogens is 498 g/mol. The van der Waals surface area contributed by atoms with Crippen molar-refractivity contribution in [1.29, 1.82) is 0 Å². The average Bonchev–Trinajstić information content (AvgIpc) is 2.81. The zero-order valence-electron chi connectivity index (χ0n) is 23.3. The Morgan fingerprint density at radius 1 is 0.921 bits per heavy atom. The van der Waals surface area contributed by atoms with Crippen molar-refractivity contribution in [3.63, 3.8) is 0 Å². The molecule has 3 unspecified atom stereocenters. The van der Waals surface area contributed by atoms with E-state index in [2.05, 4.69) is 0 Å². The number of carboxylic acids is 1. The molecular formula is C27H41NO10. The maximum Gasteiger partial charge on any atom is 0.513 e. The molecule has 0 saturated carbocycles. The smallest absolute Gasteiger partial charge is 0.480 e. The number of carbonyl (C=O) groups excluding carboxylic acids is 3. The number of hydrogen-bond donors (Lipinski definition) is 2. The lowest BCUT2D eigenvalue weighted by Gasteiger charge is -2.32. The van der Waals surface area contributed by atoms with Crippen LogP contribution in [0.1, 0.15) is 79.2 Å². The van der Waals surface area contributed by atoms with E-state index in [-0.39, 0.29) is 36.5 Å². The normalized spacial score (nSPS) is 14.4. The molecule has 0 aromatic heterocycles. The Balaban J connectivity index is 3.39. The van der Waals surface area contributed by atoms with Gasteiger partial charge in [0.25, 0.3) is 0 Å². The number of carbonyl (C=O) groups is 4. The third-order valence-corrected chi connectivity index (χ3v) is 5.56. The highest BCUT2D eigenvalue weighted by Crippen LogP contribution is 2.37. The summed E-state index contributed by atoms with van der Waals surface area (Å²) in [5, 5.41) is 9.72. The highest BCUT2D eigenvalue weighted by molar-refractivity contribution is 5.75. The third kappa shape index (κ3) is 11.0. The number of hydrogen-bond acceptors (Lipinski definition) is 10. The molecule has 4 atom stereocenters. The fourth-order valence-electron chi connectivity index (χ4n) is 3.58. The van der Waals surface area contributed by atoms with E-state index in [1.54, 1.807) is 20.8 Å². The summed E-state index contributed by atoms with van der Waals surface area (Å²) in [5.41, 5.74) is 6.15. The van der Waals surface area contributed by atoms with Crippen LogP contribution in [0.2, 0.25) is 0 Å². The molecule has 0 bridgehead atoms. The van der Waals surface area contributed by atoms with E-state index < -0.39 is 48.2 Å². The van der Waals surface area contributed by atoms with Gasteiger partial charge < -0.3 is 34.5 Å². The zero-order chi connectivity index (χ0) is 29.0. The van der Waals surface area contributed by atoms with Crippen molar-refractivity contribution in [1.82, 2.24) is 0 Å². The van der Waals surface area contributed by atoms with Gasteiger partial charge in [0.05, 0.1) is 19.6 Å². The van der Waals surface area contributed by atoms with Crippen LogP contribution in [0.25, 0.3) is 0 Å². The number of benzene rings is 1. The van der Waals surface area contributed by atoms with Gasteiger partial charge in [-0.05, 0) is 42.9 Å². The Morgan fingerprint density at radius 3 is 1.92 bits per heavy atom. The molecule has 38 heavy (non-hydrogen) atoms. The Labute approximate surface area is 223 Å². The van der Waals surface area contributed by atoms with Crippen LogP contribution in [-0.2, 0) is 23.8 Å². The number of nitrogens with two attached hydrogens (primary N) is 1. The summed E-state index contributed by atoms with van der Waals surface area (Å²) < 4.78 is 26.0. The second-order valence-corrected chi connectivity index (χ2v) is 10.3. The largest absolute Gasteiger partial charge is 0.513 e. The molecule has 0 fully saturated rings. The van der Waals surface area contributed by atoms with E-state index >= 15 is 0 Å². The molecule has 0 aliphatic rings. The summed E-state index contributed by atoms with van der Waals surface area (Å²) >= 11 is 0. The van der Waals surface area contributed by atoms with Gasteiger partial charge in [-0.2, -0.15) is 0 Å². The van der Waals surface area contributed by atoms with Gasteiger partial charge in [-0.15, -0.1) is 0 Å². The highest BCUT2D eigenvalue weighted by atomic mass is 16.7. The Hall–Kier alpha value is -3.34. The van der Waals surface area contributed by atoms with E-state index in [0.29, 0.717) is 18.4 Å². The van der Waals surface area contributed by atoms with E-state index in [0.717, 1.165) is 0 Å². The quantitative estimate of drug-likeness (QED) is 0.196. The summed E-state index contributed by atoms with van der Waals surface area (Å²) in [6.45, 7) is 12.9. The molecule has 0 spiro atoms. The van der Waals surface area contributed by atoms with Gasteiger partial charge in [0.1, 0.15) is 12.1 Å². The molecule has 0 saturated heterocycles. The molecule has 3 N–H and O–H groups in total. The van der Waals surface area contributed by atoms with Gasteiger partial charge in [0.2, 0.25) is 0 Å². The number of esters is 1. The highest BCUT2D eigenvalue weighted by Gasteiger charge is 2.36. The van der Waals surface area contributed by atoms with E-state index in [4.69, 9.17) is 29.4 Å². The van der Waals surface area contributed by atoms with Crippen LogP contribution < -0.4 is 15.2 Å². The first-order valence-corrected chi connectivity index (χ1v) is 12.7. The van der Waals surface area contributed by atoms with Crippen molar-refractivity contribution in [2.45, 2.75) is 85.8 Å². The van der Waals surface area contributed by atoms with E-state index in [1.165, 1.54) is 18.2 Å². The molecule has 0 radical (unpaired) electrons. The molecule has 214 valence electrons. The number of ether oxygens (including phenoxy) is 5. The van der Waals surface area contributed by atoms with Crippen molar-refractivity contribution in [2.75, 3.05) is 13.2 Å². The monoisotopic (exact) mass is 539 g/mol. The first kappa shape index (κ1) is 32.7. The molecule has 11 nitrogen and oxygen atoms in total. The van der Waals surface area contributed by atoms with E-state index in [9.17, 15) is 24.3 Å². The molecule has 0 amide bonds. The van der Waals surface area contributed by atoms with Crippen LogP contribution in [-0.4, -0.2) is 54.7 Å². The number of rotatable bonds is 13. The van der Waals surface area contributed by atoms with Crippen molar-refractivity contribution in [2.24, 2.45) is 17.1 Å². The maximum atomic E-state index is 12.4. The van der Waals surface area contributed by atoms with Crippen molar-refractivity contribution < 1.29 is 48.0 Å². The lowest BCUT2D eigenvalue weighted by Crippen LogP contribution is -2.42. The second-order valence-electron chi connectivity index (χ2n) is 10.3. The fraction of sp³-hybridized carbons (Fsp3) is 0.630. The average molecular weight is 540 g/mol. The molecule has 0 aliphatic carbocycles. The summed E-state index contributed by atoms with van der Waals surface area (Å²) in [6, 6.07) is 2.80. The minimum absolute atomic E-state index is 0.105. The standard InChI is InChI=1S/C27H41NO10/c1-8-12-34-25(32)37-19-11-10-18(14-20(19)38-26(33)35-13-9-2)22(23(28)24(30)31)16(3)17(4)36-21(29)15-27(5,6)7/h10-11,14,16-17,22-23H,8-9,12-13,15,28H2,1-7H3,(H,30,31)/t16?,17?,22?,23-/m0/s1. The van der Waals surface area contributed by atoms with Gasteiger partial charge in [-0.25, -0.2) is 9.59 Å². The minimum Gasteiger partial charge on any atom is -0.480 e. The van der Waals surface area contributed by atoms with Crippen LogP contribution in [0.15, 0.2) is 18.2 Å². The second kappa shape index (κ2) is 15.2. The van der Waals surface area contributed by atoms with Gasteiger partial charge in [0.15, 0.2) is 11.5 Å². The molecule has 11 heteroatoms. The number of carboxylic acid groups (broad SMARTS) is 1. The van der Waals surface area contributed by atoms with E-state index in [1.807, 2.05) is 27.7 Å². The fourth-order valence-corrected chi connectivity index (χ4v) is 3.58. The van der Waals surface area contributed by atoms with Gasteiger partial charge in [-0.3, -0.25) is 9.59 Å². The lowest BCUT2D eigenvalue weighted by atomic mass is 9.79. The van der Waals surface area contributed by atoms with Crippen LogP contribution in [0.3, 0.4) is 0 Å². The summed E-state index contributed by atoms with van der Waals surface area (Å²) in [4.78, 5) is 48.6. The van der Waals surface area contributed by atoms with Gasteiger partial charge in [-0.1, -0.05) is 47.6 Å². The van der Waals surface area contributed by atoms with Crippen LogP contribution in [0, 0.1) is 11.3 Å². The van der Waals surface area contributed by atoms with Crippen LogP contribution in [0.4, 0.5) is 9.59 Å². The molecule has 0 aliphatic heterocycles. The predicted octanol–water partition coefficient (Wildman–Crippen LogP) is 5.04. The summed E-state index contributed by atoms with van der Waals surface area (Å²) in [7, 11) is 0.